The van der Waals surface area contributed by atoms with Crippen molar-refractivity contribution >= 4 is 0 Å². The van der Waals surface area contributed by atoms with Crippen molar-refractivity contribution in [3.63, 3.8) is 0 Å². The van der Waals surface area contributed by atoms with Gasteiger partial charge in [-0.2, -0.15) is 0 Å². The molecule has 0 aromatic heterocycles. The van der Waals surface area contributed by atoms with Crippen molar-refractivity contribution in [3.05, 3.63) is 29.8 Å². The lowest BCUT2D eigenvalue weighted by Gasteiger charge is -2.28. The van der Waals surface area contributed by atoms with Crippen LogP contribution in [0, 0.1) is 5.41 Å². The Morgan fingerprint density at radius 2 is 1.80 bits per heavy atom. The monoisotopic (exact) mass is 279 g/mol. The Labute approximate surface area is 123 Å². The van der Waals surface area contributed by atoms with Gasteiger partial charge in [-0.05, 0) is 36.6 Å². The van der Waals surface area contributed by atoms with Crippen molar-refractivity contribution in [1.29, 1.82) is 0 Å². The molecule has 0 heterocycles. The van der Waals surface area contributed by atoms with Crippen LogP contribution in [0.2, 0.25) is 0 Å². The van der Waals surface area contributed by atoms with Gasteiger partial charge in [0.1, 0.15) is 5.75 Å². The van der Waals surface area contributed by atoms with Gasteiger partial charge < -0.3 is 14.7 Å². The highest BCUT2D eigenvalue weighted by atomic mass is 16.5. The molecule has 0 bridgehead atoms. The summed E-state index contributed by atoms with van der Waals surface area (Å²) in [6, 6.07) is 7.75. The Morgan fingerprint density at radius 3 is 2.30 bits per heavy atom. The molecular formula is C17H29NO2. The molecule has 3 nitrogen and oxygen atoms in total. The van der Waals surface area contributed by atoms with E-state index in [0.717, 1.165) is 30.9 Å². The van der Waals surface area contributed by atoms with Crippen LogP contribution in [0.1, 0.15) is 45.8 Å². The summed E-state index contributed by atoms with van der Waals surface area (Å²) in [5.74, 6) is 0.867. The molecule has 1 unspecified atom stereocenters. The van der Waals surface area contributed by atoms with Crippen LogP contribution in [0.25, 0.3) is 0 Å². The van der Waals surface area contributed by atoms with E-state index in [2.05, 4.69) is 32.6 Å². The molecule has 1 aromatic carbocycles. The molecule has 0 radical (unpaired) electrons. The minimum atomic E-state index is -0.456. The lowest BCUT2D eigenvalue weighted by molar-refractivity contribution is 0.108. The molecule has 0 saturated heterocycles. The van der Waals surface area contributed by atoms with Crippen LogP contribution in [0.4, 0.5) is 0 Å². The van der Waals surface area contributed by atoms with E-state index in [1.54, 1.807) is 0 Å². The summed E-state index contributed by atoms with van der Waals surface area (Å²) in [6.45, 7) is 11.0. The third-order valence-corrected chi connectivity index (χ3v) is 2.97. The summed E-state index contributed by atoms with van der Waals surface area (Å²) in [5.41, 5.74) is 1.18. The van der Waals surface area contributed by atoms with Crippen LogP contribution in [0.3, 0.4) is 0 Å². The number of nitrogens with zero attached hydrogens (tertiary/aromatic N) is 1. The molecule has 0 aliphatic rings. The summed E-state index contributed by atoms with van der Waals surface area (Å²) < 4.78 is 5.54. The van der Waals surface area contributed by atoms with Crippen molar-refractivity contribution < 1.29 is 9.84 Å². The van der Waals surface area contributed by atoms with Crippen LogP contribution >= 0.6 is 0 Å². The number of aliphatic hydroxyl groups excluding tert-OH is 1. The summed E-state index contributed by atoms with van der Waals surface area (Å²) in [6.07, 6.45) is 0.546. The van der Waals surface area contributed by atoms with Crippen LogP contribution < -0.4 is 4.74 Å². The van der Waals surface area contributed by atoms with Gasteiger partial charge in [0.2, 0.25) is 0 Å². The SMILES string of the molecule is CCCOc1ccc(C(O)CN(C)CC(C)(C)C)cc1. The molecule has 1 N–H and O–H groups in total. The zero-order chi connectivity index (χ0) is 15.2. The minimum absolute atomic E-state index is 0.242. The second-order valence-electron chi connectivity index (χ2n) is 6.69. The van der Waals surface area contributed by atoms with Crippen molar-refractivity contribution in [2.75, 3.05) is 26.7 Å². The van der Waals surface area contributed by atoms with E-state index in [1.165, 1.54) is 0 Å². The maximum Gasteiger partial charge on any atom is 0.119 e. The second-order valence-corrected chi connectivity index (χ2v) is 6.69. The second kappa shape index (κ2) is 7.65. The minimum Gasteiger partial charge on any atom is -0.494 e. The van der Waals surface area contributed by atoms with E-state index in [9.17, 15) is 5.11 Å². The molecule has 0 saturated carbocycles. The molecule has 0 aliphatic carbocycles. The molecule has 1 rings (SSSR count). The van der Waals surface area contributed by atoms with Crippen LogP contribution in [0.5, 0.6) is 5.75 Å². The molecular weight excluding hydrogens is 250 g/mol. The van der Waals surface area contributed by atoms with Crippen LogP contribution in [-0.4, -0.2) is 36.8 Å². The van der Waals surface area contributed by atoms with Crippen molar-refractivity contribution in [2.45, 2.75) is 40.2 Å². The van der Waals surface area contributed by atoms with Gasteiger partial charge in [0.05, 0.1) is 12.7 Å². The highest BCUT2D eigenvalue weighted by Gasteiger charge is 2.16. The number of aliphatic hydroxyl groups is 1. The van der Waals surface area contributed by atoms with E-state index in [1.807, 2.05) is 31.3 Å². The Morgan fingerprint density at radius 1 is 1.20 bits per heavy atom. The first kappa shape index (κ1) is 17.0. The van der Waals surface area contributed by atoms with Gasteiger partial charge in [-0.15, -0.1) is 0 Å². The highest BCUT2D eigenvalue weighted by molar-refractivity contribution is 5.28. The third kappa shape index (κ3) is 6.40. The summed E-state index contributed by atoms with van der Waals surface area (Å²) in [5, 5.41) is 10.3. The Kier molecular flexibility index (Phi) is 6.50. The largest absolute Gasteiger partial charge is 0.494 e. The molecule has 1 atom stereocenters. The fourth-order valence-electron chi connectivity index (χ4n) is 2.28. The normalized spacial score (nSPS) is 13.6. The van der Waals surface area contributed by atoms with Crippen LogP contribution in [-0.2, 0) is 0 Å². The van der Waals surface area contributed by atoms with Crippen molar-refractivity contribution in [3.8, 4) is 5.75 Å². The van der Waals surface area contributed by atoms with E-state index < -0.39 is 6.10 Å². The number of likely N-dealkylation sites (N-methyl/N-ethyl adjacent to an activating group) is 1. The van der Waals surface area contributed by atoms with Gasteiger partial charge >= 0.3 is 0 Å². The molecule has 0 aliphatic heterocycles. The fraction of sp³-hybridized carbons (Fsp3) is 0.647. The average Bonchev–Trinajstić information content (AvgIpc) is 2.34. The Bertz CT molecular complexity index is 381. The maximum atomic E-state index is 10.3. The fourth-order valence-corrected chi connectivity index (χ4v) is 2.28. The smallest absolute Gasteiger partial charge is 0.119 e. The molecule has 20 heavy (non-hydrogen) atoms. The molecule has 1 aromatic rings. The van der Waals surface area contributed by atoms with Gasteiger partial charge in [-0.1, -0.05) is 39.8 Å². The van der Waals surface area contributed by atoms with E-state index in [-0.39, 0.29) is 5.41 Å². The highest BCUT2D eigenvalue weighted by Crippen LogP contribution is 2.20. The Hall–Kier alpha value is -1.06. The first-order valence-corrected chi connectivity index (χ1v) is 7.41. The third-order valence-electron chi connectivity index (χ3n) is 2.97. The zero-order valence-corrected chi connectivity index (χ0v) is 13.5. The van der Waals surface area contributed by atoms with Gasteiger partial charge in [-0.25, -0.2) is 0 Å². The van der Waals surface area contributed by atoms with Crippen LogP contribution in [0.15, 0.2) is 24.3 Å². The molecule has 0 fully saturated rings. The average molecular weight is 279 g/mol. The predicted molar refractivity (Wildman–Crippen MR) is 84.1 cm³/mol. The first-order valence-electron chi connectivity index (χ1n) is 7.41. The first-order chi connectivity index (χ1) is 9.31. The van der Waals surface area contributed by atoms with Gasteiger partial charge in [0.25, 0.3) is 0 Å². The molecule has 0 amide bonds. The molecule has 114 valence electrons. The van der Waals surface area contributed by atoms with Gasteiger partial charge in [0, 0.05) is 13.1 Å². The number of hydrogen-bond donors (Lipinski definition) is 1. The topological polar surface area (TPSA) is 32.7 Å². The summed E-state index contributed by atoms with van der Waals surface area (Å²) in [4.78, 5) is 2.17. The zero-order valence-electron chi connectivity index (χ0n) is 13.5. The summed E-state index contributed by atoms with van der Waals surface area (Å²) >= 11 is 0. The molecule has 0 spiro atoms. The quantitative estimate of drug-likeness (QED) is 0.829. The Balaban J connectivity index is 2.52. The molecule has 3 heteroatoms. The van der Waals surface area contributed by atoms with E-state index in [0.29, 0.717) is 6.54 Å². The van der Waals surface area contributed by atoms with Crippen molar-refractivity contribution in [1.82, 2.24) is 4.90 Å². The standard InChI is InChI=1S/C17H29NO2/c1-6-11-20-15-9-7-14(8-10-15)16(19)12-18(5)13-17(2,3)4/h7-10,16,19H,6,11-13H2,1-5H3. The summed E-state index contributed by atoms with van der Waals surface area (Å²) in [7, 11) is 2.05. The predicted octanol–water partition coefficient (Wildman–Crippen LogP) is 3.49. The number of rotatable bonds is 7. The van der Waals surface area contributed by atoms with Gasteiger partial charge in [-0.3, -0.25) is 0 Å². The lowest BCUT2D eigenvalue weighted by Crippen LogP contribution is -2.32. The number of hydrogen-bond acceptors (Lipinski definition) is 3. The van der Waals surface area contributed by atoms with E-state index >= 15 is 0 Å². The van der Waals surface area contributed by atoms with E-state index in [4.69, 9.17) is 4.74 Å². The maximum absolute atomic E-state index is 10.3. The number of ether oxygens (including phenoxy) is 1. The number of benzene rings is 1. The van der Waals surface area contributed by atoms with Crippen molar-refractivity contribution in [2.24, 2.45) is 5.41 Å². The lowest BCUT2D eigenvalue weighted by atomic mass is 9.96. The van der Waals surface area contributed by atoms with Gasteiger partial charge in [0.15, 0.2) is 0 Å².